The van der Waals surface area contributed by atoms with Crippen molar-refractivity contribution in [3.05, 3.63) is 18.2 Å². The Bertz CT molecular complexity index is 1090. The molecular formula is C28H39N3O3. The van der Waals surface area contributed by atoms with Gasteiger partial charge in [-0.1, -0.05) is 12.1 Å². The molecular weight excluding hydrogens is 426 g/mol. The summed E-state index contributed by atoms with van der Waals surface area (Å²) < 4.78 is 7.14. The van der Waals surface area contributed by atoms with Crippen LogP contribution in [0.1, 0.15) is 71.6 Å². The van der Waals surface area contributed by atoms with Gasteiger partial charge in [0.1, 0.15) is 17.8 Å². The molecule has 0 aliphatic heterocycles. The molecule has 184 valence electrons. The number of ether oxygens (including phenoxy) is 1. The topological polar surface area (TPSA) is 77.2 Å². The fourth-order valence-electron chi connectivity index (χ4n) is 9.06. The van der Waals surface area contributed by atoms with E-state index in [-0.39, 0.29) is 11.3 Å². The summed E-state index contributed by atoms with van der Waals surface area (Å²) in [5.74, 6) is 4.91. The Morgan fingerprint density at radius 3 is 2.74 bits per heavy atom. The van der Waals surface area contributed by atoms with Crippen molar-refractivity contribution in [2.24, 2.45) is 40.9 Å². The number of hydrogen-bond acceptors (Lipinski definition) is 5. The molecule has 0 bridgehead atoms. The van der Waals surface area contributed by atoms with Crippen molar-refractivity contribution in [1.29, 1.82) is 0 Å². The van der Waals surface area contributed by atoms with Gasteiger partial charge in [0.15, 0.2) is 5.78 Å². The smallest absolute Gasteiger partial charge is 0.157 e. The van der Waals surface area contributed by atoms with Gasteiger partial charge in [-0.15, -0.1) is 5.10 Å². The van der Waals surface area contributed by atoms with Crippen LogP contribution in [0.4, 0.5) is 0 Å². The van der Waals surface area contributed by atoms with Crippen LogP contribution in [0.15, 0.2) is 18.2 Å². The van der Waals surface area contributed by atoms with Crippen LogP contribution in [-0.2, 0) is 11.3 Å². The number of carbonyl (C=O) groups is 1. The van der Waals surface area contributed by atoms with Crippen LogP contribution in [-0.4, -0.2) is 38.6 Å². The number of hydrogen-bond donors (Lipinski definition) is 1. The molecule has 8 atom stereocenters. The summed E-state index contributed by atoms with van der Waals surface area (Å²) in [4.78, 5) is 13.7. The lowest BCUT2D eigenvalue weighted by molar-refractivity contribution is -0.133. The highest BCUT2D eigenvalue weighted by molar-refractivity contribution is 5.84. The summed E-state index contributed by atoms with van der Waals surface area (Å²) in [6.45, 7) is 4.75. The van der Waals surface area contributed by atoms with E-state index in [1.165, 1.54) is 38.5 Å². The van der Waals surface area contributed by atoms with E-state index in [0.29, 0.717) is 24.2 Å². The zero-order chi connectivity index (χ0) is 23.7. The van der Waals surface area contributed by atoms with Crippen molar-refractivity contribution in [3.63, 3.8) is 0 Å². The molecule has 4 aliphatic carbocycles. The van der Waals surface area contributed by atoms with E-state index >= 15 is 0 Å². The number of fused-ring (bicyclic) bond motifs is 6. The second-order valence-corrected chi connectivity index (χ2v) is 12.4. The number of aliphatic hydroxyl groups is 1. The minimum atomic E-state index is -0.461. The summed E-state index contributed by atoms with van der Waals surface area (Å²) in [6.07, 6.45) is 10.3. The molecule has 1 N–H and O–H groups in total. The van der Waals surface area contributed by atoms with Crippen LogP contribution in [0, 0.1) is 40.9 Å². The van der Waals surface area contributed by atoms with Gasteiger partial charge >= 0.3 is 0 Å². The quantitative estimate of drug-likeness (QED) is 0.685. The Balaban J connectivity index is 1.19. The first-order valence-electron chi connectivity index (χ1n) is 13.4. The van der Waals surface area contributed by atoms with Gasteiger partial charge in [0.2, 0.25) is 0 Å². The SMILES string of the molecule is COc1ccc2nnn(CC(=O)[C@H]3CC[C@H]4[C@@H]5CC[C@@H]6C[C@](C)(O)CC[C@@H]6[C@H]5CC[C@]34C)c2c1. The first-order valence-corrected chi connectivity index (χ1v) is 13.4. The molecule has 1 aromatic carbocycles. The summed E-state index contributed by atoms with van der Waals surface area (Å²) in [5.41, 5.74) is 1.31. The molecule has 1 aromatic heterocycles. The zero-order valence-corrected chi connectivity index (χ0v) is 20.9. The van der Waals surface area contributed by atoms with Crippen LogP contribution < -0.4 is 4.74 Å². The third kappa shape index (κ3) is 3.51. The van der Waals surface area contributed by atoms with E-state index in [2.05, 4.69) is 17.2 Å². The molecule has 6 heteroatoms. The first-order chi connectivity index (χ1) is 16.3. The minimum Gasteiger partial charge on any atom is -0.497 e. The summed E-state index contributed by atoms with van der Waals surface area (Å²) in [5, 5.41) is 19.2. The Morgan fingerprint density at radius 2 is 1.91 bits per heavy atom. The average molecular weight is 466 g/mol. The maximum atomic E-state index is 13.7. The first kappa shape index (κ1) is 22.5. The maximum absolute atomic E-state index is 13.7. The van der Waals surface area contributed by atoms with E-state index in [0.717, 1.165) is 53.8 Å². The van der Waals surface area contributed by atoms with Crippen LogP contribution in [0.2, 0.25) is 0 Å². The van der Waals surface area contributed by atoms with Crippen LogP contribution >= 0.6 is 0 Å². The lowest BCUT2D eigenvalue weighted by Crippen LogP contribution is -2.51. The maximum Gasteiger partial charge on any atom is 0.157 e. The predicted molar refractivity (Wildman–Crippen MR) is 130 cm³/mol. The molecule has 4 aliphatic rings. The van der Waals surface area contributed by atoms with Gasteiger partial charge in [-0.2, -0.15) is 0 Å². The van der Waals surface area contributed by atoms with Crippen molar-refractivity contribution in [1.82, 2.24) is 15.0 Å². The second kappa shape index (κ2) is 8.04. The minimum absolute atomic E-state index is 0.110. The predicted octanol–water partition coefficient (Wildman–Crippen LogP) is 5.03. The summed E-state index contributed by atoms with van der Waals surface area (Å²) in [6, 6.07) is 5.70. The van der Waals surface area contributed by atoms with Gasteiger partial charge in [0.25, 0.3) is 0 Å². The molecule has 6 rings (SSSR count). The number of rotatable bonds is 4. The highest BCUT2D eigenvalue weighted by Crippen LogP contribution is 2.64. The normalized spacial score (nSPS) is 41.5. The number of carbonyl (C=O) groups excluding carboxylic acids is 1. The highest BCUT2D eigenvalue weighted by Gasteiger charge is 2.58. The number of methoxy groups -OCH3 is 1. The van der Waals surface area contributed by atoms with Crippen LogP contribution in [0.5, 0.6) is 5.75 Å². The van der Waals surface area contributed by atoms with Crippen molar-refractivity contribution < 1.29 is 14.6 Å². The third-order valence-electron chi connectivity index (χ3n) is 10.7. The molecule has 0 amide bonds. The zero-order valence-electron chi connectivity index (χ0n) is 20.9. The fourth-order valence-corrected chi connectivity index (χ4v) is 9.06. The summed E-state index contributed by atoms with van der Waals surface area (Å²) >= 11 is 0. The van der Waals surface area contributed by atoms with Gasteiger partial charge in [-0.3, -0.25) is 4.79 Å². The van der Waals surface area contributed by atoms with Gasteiger partial charge in [-0.25, -0.2) is 4.68 Å². The lowest BCUT2D eigenvalue weighted by Gasteiger charge is -2.56. The Morgan fingerprint density at radius 1 is 1.09 bits per heavy atom. The Kier molecular flexibility index (Phi) is 5.32. The van der Waals surface area contributed by atoms with Gasteiger partial charge in [0, 0.05) is 12.0 Å². The molecule has 34 heavy (non-hydrogen) atoms. The molecule has 0 unspecified atom stereocenters. The van der Waals surface area contributed by atoms with Crippen molar-refractivity contribution in [3.8, 4) is 5.75 Å². The average Bonchev–Trinajstić information content (AvgIpc) is 3.38. The van der Waals surface area contributed by atoms with E-state index < -0.39 is 5.60 Å². The van der Waals surface area contributed by atoms with E-state index in [9.17, 15) is 9.90 Å². The van der Waals surface area contributed by atoms with E-state index in [4.69, 9.17) is 4.74 Å². The second-order valence-electron chi connectivity index (χ2n) is 12.4. The van der Waals surface area contributed by atoms with E-state index in [1.807, 2.05) is 25.1 Å². The molecule has 4 fully saturated rings. The van der Waals surface area contributed by atoms with Gasteiger partial charge in [0.05, 0.1) is 18.2 Å². The largest absolute Gasteiger partial charge is 0.497 e. The molecule has 2 aromatic rings. The Hall–Kier alpha value is -1.95. The third-order valence-corrected chi connectivity index (χ3v) is 10.7. The number of aromatic nitrogens is 3. The van der Waals surface area contributed by atoms with Crippen molar-refractivity contribution in [2.45, 2.75) is 83.8 Å². The highest BCUT2D eigenvalue weighted by atomic mass is 16.5. The lowest BCUT2D eigenvalue weighted by atomic mass is 9.49. The Labute approximate surface area is 202 Å². The van der Waals surface area contributed by atoms with Crippen molar-refractivity contribution >= 4 is 16.8 Å². The standard InChI is InChI=1S/C28H39N3O3/c1-27(33)12-10-19-17(15-27)4-6-21-20(19)11-13-28(2)22(21)7-8-23(28)26(32)16-31-25-14-18(34-3)5-9-24(25)29-30-31/h5,9,14,17,19-23,33H,4,6-8,10-13,15-16H2,1-3H3/t17-,19+,20-,21-,22+,23-,27-,28+/m1/s1. The molecule has 0 spiro atoms. The molecule has 6 nitrogen and oxygen atoms in total. The molecule has 1 heterocycles. The van der Waals surface area contributed by atoms with E-state index in [1.54, 1.807) is 11.8 Å². The van der Waals surface area contributed by atoms with Crippen molar-refractivity contribution in [2.75, 3.05) is 7.11 Å². The van der Waals surface area contributed by atoms with Crippen LogP contribution in [0.25, 0.3) is 11.0 Å². The number of Topliss-reactive ketones (excluding diaryl/α,β-unsaturated/α-hetero) is 1. The molecule has 0 radical (unpaired) electrons. The summed E-state index contributed by atoms with van der Waals surface area (Å²) in [7, 11) is 1.65. The van der Waals surface area contributed by atoms with Gasteiger partial charge < -0.3 is 9.84 Å². The number of nitrogens with zero attached hydrogens (tertiary/aromatic N) is 3. The number of benzene rings is 1. The van der Waals surface area contributed by atoms with Crippen LogP contribution in [0.3, 0.4) is 0 Å². The molecule has 0 saturated heterocycles. The molecule has 4 saturated carbocycles. The number of ketones is 1. The monoisotopic (exact) mass is 465 g/mol. The fraction of sp³-hybridized carbons (Fsp3) is 0.750. The van der Waals surface area contributed by atoms with Gasteiger partial charge in [-0.05, 0) is 112 Å².